The minimum atomic E-state index is -3.33. The van der Waals surface area contributed by atoms with E-state index in [1.54, 1.807) is 12.4 Å². The molecule has 1 aliphatic carbocycles. The lowest BCUT2D eigenvalue weighted by molar-refractivity contribution is 0.0505. The van der Waals surface area contributed by atoms with E-state index in [4.69, 9.17) is 4.74 Å². The molecule has 3 heterocycles. The van der Waals surface area contributed by atoms with Crippen molar-refractivity contribution in [2.45, 2.75) is 76.2 Å². The number of aliphatic hydroxyl groups excluding tert-OH is 1. The molecule has 0 aromatic carbocycles. The maximum atomic E-state index is 12.2. The van der Waals surface area contributed by atoms with Crippen molar-refractivity contribution in [2.75, 3.05) is 24.7 Å². The van der Waals surface area contributed by atoms with E-state index in [1.165, 1.54) is 4.31 Å². The number of pyridine rings is 2. The van der Waals surface area contributed by atoms with Gasteiger partial charge in [0.2, 0.25) is 10.0 Å². The number of piperidine rings is 1. The average molecular weight is 506 g/mol. The Bertz CT molecular complexity index is 1180. The fourth-order valence-electron chi connectivity index (χ4n) is 4.89. The lowest BCUT2D eigenvalue weighted by Crippen LogP contribution is -2.51. The molecule has 4 rings (SSSR count). The smallest absolute Gasteiger partial charge is 0.407 e. The van der Waals surface area contributed by atoms with Gasteiger partial charge in [0.1, 0.15) is 11.4 Å². The zero-order chi connectivity index (χ0) is 25.4. The van der Waals surface area contributed by atoms with Crippen molar-refractivity contribution >= 4 is 32.7 Å². The minimum Gasteiger partial charge on any atom is -0.444 e. The molecule has 1 amide bonds. The number of sulfonamides is 1. The van der Waals surface area contributed by atoms with Gasteiger partial charge in [-0.15, -0.1) is 0 Å². The van der Waals surface area contributed by atoms with E-state index in [0.717, 1.165) is 42.0 Å². The summed E-state index contributed by atoms with van der Waals surface area (Å²) in [5, 5.41) is 18.7. The van der Waals surface area contributed by atoms with Crippen molar-refractivity contribution in [3.63, 3.8) is 0 Å². The van der Waals surface area contributed by atoms with Gasteiger partial charge in [-0.1, -0.05) is 0 Å². The number of carbonyl (C=O) groups excluding carboxylic acids is 1. The third-order valence-corrected chi connectivity index (χ3v) is 7.84. The molecule has 3 N–H and O–H groups in total. The monoisotopic (exact) mass is 505 g/mol. The molecule has 1 aliphatic heterocycles. The van der Waals surface area contributed by atoms with Gasteiger partial charge in [0.25, 0.3) is 0 Å². The predicted octanol–water partition coefficient (Wildman–Crippen LogP) is 2.60. The summed E-state index contributed by atoms with van der Waals surface area (Å²) in [6.07, 6.45) is 6.50. The number of rotatable bonds is 5. The van der Waals surface area contributed by atoms with Crippen LogP contribution in [-0.2, 0) is 14.8 Å². The lowest BCUT2D eigenvalue weighted by atomic mass is 9.98. The fraction of sp³-hybridized carbons (Fsp3) is 0.625. The van der Waals surface area contributed by atoms with Crippen LogP contribution < -0.4 is 10.6 Å². The zero-order valence-electron chi connectivity index (χ0n) is 20.7. The van der Waals surface area contributed by atoms with Crippen LogP contribution in [0.3, 0.4) is 0 Å². The molecule has 35 heavy (non-hydrogen) atoms. The van der Waals surface area contributed by atoms with Crippen LogP contribution >= 0.6 is 0 Å². The van der Waals surface area contributed by atoms with E-state index in [2.05, 4.69) is 20.6 Å². The molecule has 10 nitrogen and oxygen atoms in total. The molecule has 2 aromatic heterocycles. The van der Waals surface area contributed by atoms with Gasteiger partial charge in [0.15, 0.2) is 0 Å². The van der Waals surface area contributed by atoms with Crippen LogP contribution in [0, 0.1) is 0 Å². The Labute approximate surface area is 206 Å². The number of aromatic nitrogens is 2. The molecule has 4 atom stereocenters. The second-order valence-electron chi connectivity index (χ2n) is 10.6. The number of alkyl carbamates (subject to hydrolysis) is 1. The second-order valence-corrected chi connectivity index (χ2v) is 12.6. The molecule has 0 unspecified atom stereocenters. The van der Waals surface area contributed by atoms with Crippen LogP contribution in [0.5, 0.6) is 0 Å². The summed E-state index contributed by atoms with van der Waals surface area (Å²) in [7, 11) is -3.33. The topological polar surface area (TPSA) is 134 Å². The van der Waals surface area contributed by atoms with Crippen LogP contribution in [0.4, 0.5) is 10.6 Å². The van der Waals surface area contributed by atoms with Crippen molar-refractivity contribution in [3.05, 3.63) is 30.2 Å². The molecule has 2 aliphatic rings. The minimum absolute atomic E-state index is 0.0292. The fourth-order valence-corrected chi connectivity index (χ4v) is 5.75. The normalized spacial score (nSPS) is 26.0. The van der Waals surface area contributed by atoms with Crippen LogP contribution in [0.2, 0.25) is 0 Å². The van der Waals surface area contributed by atoms with E-state index in [0.29, 0.717) is 18.8 Å². The van der Waals surface area contributed by atoms with Gasteiger partial charge in [0.05, 0.1) is 24.1 Å². The van der Waals surface area contributed by atoms with Crippen LogP contribution in [0.15, 0.2) is 24.5 Å². The molecule has 0 bridgehead atoms. The van der Waals surface area contributed by atoms with Gasteiger partial charge >= 0.3 is 6.09 Å². The van der Waals surface area contributed by atoms with E-state index in [1.807, 2.05) is 32.9 Å². The highest BCUT2D eigenvalue weighted by molar-refractivity contribution is 7.88. The molecular formula is C24H35N5O5S. The Morgan fingerprint density at radius 2 is 2.00 bits per heavy atom. The molecule has 2 fully saturated rings. The van der Waals surface area contributed by atoms with E-state index < -0.39 is 27.8 Å². The summed E-state index contributed by atoms with van der Waals surface area (Å²) in [5.41, 5.74) is 0.430. The first-order valence-corrected chi connectivity index (χ1v) is 13.9. The van der Waals surface area contributed by atoms with Crippen molar-refractivity contribution < 1.29 is 23.1 Å². The highest BCUT2D eigenvalue weighted by Crippen LogP contribution is 2.37. The molecule has 1 saturated heterocycles. The highest BCUT2D eigenvalue weighted by atomic mass is 32.2. The van der Waals surface area contributed by atoms with Gasteiger partial charge in [-0.3, -0.25) is 4.98 Å². The number of ether oxygens (including phenoxy) is 1. The van der Waals surface area contributed by atoms with E-state index in [-0.39, 0.29) is 24.5 Å². The number of fused-ring (bicyclic) bond motifs is 1. The molecule has 0 radical (unpaired) electrons. The number of nitrogens with zero attached hydrogens (tertiary/aromatic N) is 3. The van der Waals surface area contributed by atoms with E-state index in [9.17, 15) is 18.3 Å². The molecule has 1 saturated carbocycles. The summed E-state index contributed by atoms with van der Waals surface area (Å²) in [6, 6.07) is 3.59. The maximum Gasteiger partial charge on any atom is 0.407 e. The zero-order valence-corrected chi connectivity index (χ0v) is 21.5. The second kappa shape index (κ2) is 9.87. The van der Waals surface area contributed by atoms with Crippen molar-refractivity contribution in [1.82, 2.24) is 19.6 Å². The number of aliphatic hydroxyl groups is 1. The van der Waals surface area contributed by atoms with Gasteiger partial charge in [-0.25, -0.2) is 18.2 Å². The molecule has 192 valence electrons. The van der Waals surface area contributed by atoms with Crippen LogP contribution in [0.25, 0.3) is 10.8 Å². The maximum absolute atomic E-state index is 12.2. The molecule has 11 heteroatoms. The largest absolute Gasteiger partial charge is 0.444 e. The van der Waals surface area contributed by atoms with Crippen LogP contribution in [0.1, 0.15) is 58.1 Å². The number of β-amino-alcohol motifs (C(OH)–C–C–N with tert-alkyl or cyclic N) is 1. The van der Waals surface area contributed by atoms with Gasteiger partial charge in [0, 0.05) is 48.2 Å². The van der Waals surface area contributed by atoms with Crippen LogP contribution in [-0.4, -0.2) is 77.0 Å². The number of nitrogens with one attached hydrogen (secondary N) is 2. The summed E-state index contributed by atoms with van der Waals surface area (Å²) in [5.74, 6) is 0.808. The van der Waals surface area contributed by atoms with Gasteiger partial charge in [-0.2, -0.15) is 4.31 Å². The first kappa shape index (κ1) is 25.6. The van der Waals surface area contributed by atoms with Gasteiger partial charge in [-0.05, 0) is 58.6 Å². The number of anilines is 1. The van der Waals surface area contributed by atoms with Crippen molar-refractivity contribution in [3.8, 4) is 0 Å². The third-order valence-electron chi connectivity index (χ3n) is 6.57. The Hall–Kier alpha value is -2.50. The SMILES string of the molecule is CC(C)(C)OC(=O)N[C@@H]1CC[C@H](c2nccc3cnc(N[C@@H]4CCN(S(C)(=O)=O)C[C@H]4O)cc23)C1. The molecule has 2 aromatic rings. The number of hydrogen-bond donors (Lipinski definition) is 3. The third kappa shape index (κ3) is 6.39. The first-order valence-electron chi connectivity index (χ1n) is 12.0. The predicted molar refractivity (Wildman–Crippen MR) is 134 cm³/mol. The number of carbonyl (C=O) groups is 1. The molecule has 0 spiro atoms. The number of hydrogen-bond acceptors (Lipinski definition) is 8. The van der Waals surface area contributed by atoms with Crippen molar-refractivity contribution in [1.29, 1.82) is 0 Å². The van der Waals surface area contributed by atoms with E-state index >= 15 is 0 Å². The quantitative estimate of drug-likeness (QED) is 0.565. The Morgan fingerprint density at radius 1 is 1.23 bits per heavy atom. The summed E-state index contributed by atoms with van der Waals surface area (Å²) in [4.78, 5) is 21.4. The Balaban J connectivity index is 1.46. The Morgan fingerprint density at radius 3 is 2.69 bits per heavy atom. The summed E-state index contributed by atoms with van der Waals surface area (Å²) in [6.45, 7) is 5.94. The average Bonchev–Trinajstić information content (AvgIpc) is 3.20. The summed E-state index contributed by atoms with van der Waals surface area (Å²) >= 11 is 0. The highest BCUT2D eigenvalue weighted by Gasteiger charge is 2.33. The number of amides is 1. The first-order chi connectivity index (χ1) is 16.4. The standard InChI is InChI=1S/C24H35N5O5S/c1-24(2,3)34-23(31)27-17-6-5-15(11-17)22-18-12-21(26-13-16(18)7-9-25-22)28-19-8-10-29(14-20(19)30)35(4,32)33/h7,9,12-13,15,17,19-20,30H,5-6,8,10-11,14H2,1-4H3,(H,26,28)(H,27,31)/t15-,17+,19+,20+/m0/s1. The molecular weight excluding hydrogens is 470 g/mol. The van der Waals surface area contributed by atoms with Crippen molar-refractivity contribution in [2.24, 2.45) is 0 Å². The Kier molecular flexibility index (Phi) is 7.21. The van der Waals surface area contributed by atoms with Gasteiger partial charge < -0.3 is 20.5 Å². The summed E-state index contributed by atoms with van der Waals surface area (Å²) < 4.78 is 30.3. The lowest BCUT2D eigenvalue weighted by Gasteiger charge is -2.35.